The van der Waals surface area contributed by atoms with E-state index < -0.39 is 0 Å². The summed E-state index contributed by atoms with van der Waals surface area (Å²) in [5.41, 5.74) is 5.07. The predicted octanol–water partition coefficient (Wildman–Crippen LogP) is 5.19. The Morgan fingerprint density at radius 2 is 1.75 bits per heavy atom. The number of ether oxygens (including phenoxy) is 1. The van der Waals surface area contributed by atoms with Gasteiger partial charge in [0.05, 0.1) is 13.2 Å². The number of halogens is 1. The average molecular weight is 281 g/mol. The lowest BCUT2D eigenvalue weighted by atomic mass is 9.91. The molecule has 3 aromatic carbocycles. The van der Waals surface area contributed by atoms with Crippen LogP contribution in [-0.2, 0) is 18.0 Å². The Kier molecular flexibility index (Phi) is 2.76. The minimum absolute atomic E-state index is 0.683. The normalized spacial score (nSPS) is 13.7. The first-order chi connectivity index (χ1) is 9.83. The Hall–Kier alpha value is -1.83. The van der Waals surface area contributed by atoms with Gasteiger partial charge in [-0.25, -0.2) is 0 Å². The molecule has 0 spiro atoms. The lowest BCUT2D eigenvalue weighted by molar-refractivity contribution is 0.134. The van der Waals surface area contributed by atoms with Gasteiger partial charge in [0.15, 0.2) is 0 Å². The van der Waals surface area contributed by atoms with Crippen LogP contribution in [-0.4, -0.2) is 0 Å². The van der Waals surface area contributed by atoms with Gasteiger partial charge in [-0.2, -0.15) is 0 Å². The SMILES string of the molecule is Clc1ccc2cc3c(c(-c4ccccc4)c2c1)COC3. The maximum atomic E-state index is 6.20. The van der Waals surface area contributed by atoms with Gasteiger partial charge in [0.2, 0.25) is 0 Å². The topological polar surface area (TPSA) is 9.23 Å². The summed E-state index contributed by atoms with van der Waals surface area (Å²) in [4.78, 5) is 0. The van der Waals surface area contributed by atoms with E-state index in [1.165, 1.54) is 33.0 Å². The van der Waals surface area contributed by atoms with E-state index in [-0.39, 0.29) is 0 Å². The van der Waals surface area contributed by atoms with Gasteiger partial charge >= 0.3 is 0 Å². The molecular formula is C18H13ClO. The molecule has 0 N–H and O–H groups in total. The highest BCUT2D eigenvalue weighted by Crippen LogP contribution is 2.38. The molecule has 0 bridgehead atoms. The minimum Gasteiger partial charge on any atom is -0.372 e. The van der Waals surface area contributed by atoms with Gasteiger partial charge in [-0.05, 0) is 51.2 Å². The van der Waals surface area contributed by atoms with Gasteiger partial charge in [0.1, 0.15) is 0 Å². The summed E-state index contributed by atoms with van der Waals surface area (Å²) in [5.74, 6) is 0. The molecule has 3 aromatic rings. The molecule has 0 aliphatic carbocycles. The molecule has 1 aliphatic heterocycles. The molecule has 1 heterocycles. The largest absolute Gasteiger partial charge is 0.372 e. The van der Waals surface area contributed by atoms with E-state index in [0.29, 0.717) is 13.2 Å². The van der Waals surface area contributed by atoms with E-state index in [1.807, 2.05) is 12.1 Å². The molecule has 0 saturated heterocycles. The molecular weight excluding hydrogens is 268 g/mol. The highest BCUT2D eigenvalue weighted by Gasteiger charge is 2.19. The molecule has 0 atom stereocenters. The third-order valence-corrected chi connectivity index (χ3v) is 4.11. The quantitative estimate of drug-likeness (QED) is 0.596. The van der Waals surface area contributed by atoms with Crippen molar-refractivity contribution in [2.24, 2.45) is 0 Å². The summed E-state index contributed by atoms with van der Waals surface area (Å²) in [7, 11) is 0. The molecule has 0 radical (unpaired) electrons. The molecule has 0 amide bonds. The smallest absolute Gasteiger partial charge is 0.0731 e. The van der Waals surface area contributed by atoms with Crippen LogP contribution < -0.4 is 0 Å². The van der Waals surface area contributed by atoms with Gasteiger partial charge < -0.3 is 4.74 Å². The van der Waals surface area contributed by atoms with E-state index in [4.69, 9.17) is 16.3 Å². The fraction of sp³-hybridized carbons (Fsp3) is 0.111. The minimum atomic E-state index is 0.683. The van der Waals surface area contributed by atoms with Crippen LogP contribution in [0.5, 0.6) is 0 Å². The monoisotopic (exact) mass is 280 g/mol. The van der Waals surface area contributed by atoms with E-state index in [2.05, 4.69) is 42.5 Å². The average Bonchev–Trinajstić information content (AvgIpc) is 2.93. The van der Waals surface area contributed by atoms with Crippen molar-refractivity contribution in [2.45, 2.75) is 13.2 Å². The molecule has 2 heteroatoms. The Labute approximate surface area is 122 Å². The van der Waals surface area contributed by atoms with Gasteiger partial charge in [-0.15, -0.1) is 0 Å². The standard InChI is InChI=1S/C18H13ClO/c19-15-7-6-13-8-14-10-20-11-17(14)18(16(13)9-15)12-4-2-1-3-5-12/h1-9H,10-11H2. The maximum absolute atomic E-state index is 6.20. The van der Waals surface area contributed by atoms with Crippen molar-refractivity contribution in [2.75, 3.05) is 0 Å². The first-order valence-corrected chi connectivity index (χ1v) is 7.08. The third kappa shape index (κ3) is 1.82. The second-order valence-corrected chi connectivity index (χ2v) is 5.55. The zero-order valence-electron chi connectivity index (χ0n) is 10.9. The zero-order valence-corrected chi connectivity index (χ0v) is 11.7. The summed E-state index contributed by atoms with van der Waals surface area (Å²) < 4.78 is 5.65. The van der Waals surface area contributed by atoms with Crippen LogP contribution in [0.3, 0.4) is 0 Å². The number of hydrogen-bond donors (Lipinski definition) is 0. The Morgan fingerprint density at radius 3 is 2.60 bits per heavy atom. The summed E-state index contributed by atoms with van der Waals surface area (Å²) >= 11 is 6.20. The molecule has 0 aromatic heterocycles. The third-order valence-electron chi connectivity index (χ3n) is 3.87. The molecule has 98 valence electrons. The van der Waals surface area contributed by atoms with Crippen LogP contribution in [0.1, 0.15) is 11.1 Å². The number of benzene rings is 3. The molecule has 4 rings (SSSR count). The zero-order chi connectivity index (χ0) is 13.5. The van der Waals surface area contributed by atoms with Crippen LogP contribution in [0, 0.1) is 0 Å². The van der Waals surface area contributed by atoms with Crippen molar-refractivity contribution in [3.8, 4) is 11.1 Å². The van der Waals surface area contributed by atoms with Gasteiger partial charge in [-0.3, -0.25) is 0 Å². The van der Waals surface area contributed by atoms with Crippen molar-refractivity contribution in [3.63, 3.8) is 0 Å². The lowest BCUT2D eigenvalue weighted by Crippen LogP contribution is -1.91. The summed E-state index contributed by atoms with van der Waals surface area (Å²) in [6, 6.07) is 18.8. The number of hydrogen-bond acceptors (Lipinski definition) is 1. The second kappa shape index (κ2) is 4.62. The van der Waals surface area contributed by atoms with Crippen molar-refractivity contribution in [3.05, 3.63) is 70.7 Å². The van der Waals surface area contributed by atoms with Crippen LogP contribution in [0.25, 0.3) is 21.9 Å². The first kappa shape index (κ1) is 12.0. The molecule has 0 unspecified atom stereocenters. The summed E-state index contributed by atoms with van der Waals surface area (Å²) in [6.45, 7) is 1.38. The Bertz CT molecular complexity index is 793. The first-order valence-electron chi connectivity index (χ1n) is 6.70. The van der Waals surface area contributed by atoms with Gasteiger partial charge in [0, 0.05) is 5.02 Å². The maximum Gasteiger partial charge on any atom is 0.0731 e. The predicted molar refractivity (Wildman–Crippen MR) is 82.9 cm³/mol. The van der Waals surface area contributed by atoms with E-state index in [0.717, 1.165) is 5.02 Å². The molecule has 1 aliphatic rings. The number of rotatable bonds is 1. The number of fused-ring (bicyclic) bond motifs is 2. The lowest BCUT2D eigenvalue weighted by Gasteiger charge is -2.13. The summed E-state index contributed by atoms with van der Waals surface area (Å²) in [6.07, 6.45) is 0. The highest BCUT2D eigenvalue weighted by atomic mass is 35.5. The van der Waals surface area contributed by atoms with Crippen molar-refractivity contribution in [1.82, 2.24) is 0 Å². The van der Waals surface area contributed by atoms with Crippen LogP contribution in [0.15, 0.2) is 54.6 Å². The fourth-order valence-electron chi connectivity index (χ4n) is 2.96. The van der Waals surface area contributed by atoms with Crippen LogP contribution >= 0.6 is 11.6 Å². The van der Waals surface area contributed by atoms with Gasteiger partial charge in [-0.1, -0.05) is 48.0 Å². The fourth-order valence-corrected chi connectivity index (χ4v) is 3.13. The molecule has 1 nitrogen and oxygen atoms in total. The molecule has 0 fully saturated rings. The van der Waals surface area contributed by atoms with Crippen LogP contribution in [0.2, 0.25) is 5.02 Å². The molecule has 0 saturated carbocycles. The van der Waals surface area contributed by atoms with E-state index >= 15 is 0 Å². The van der Waals surface area contributed by atoms with Crippen LogP contribution in [0.4, 0.5) is 0 Å². The Balaban J connectivity index is 2.13. The van der Waals surface area contributed by atoms with Crippen molar-refractivity contribution < 1.29 is 4.74 Å². The second-order valence-electron chi connectivity index (χ2n) is 5.11. The molecule has 20 heavy (non-hydrogen) atoms. The Morgan fingerprint density at radius 1 is 0.900 bits per heavy atom. The van der Waals surface area contributed by atoms with Crippen molar-refractivity contribution in [1.29, 1.82) is 0 Å². The van der Waals surface area contributed by atoms with Gasteiger partial charge in [0.25, 0.3) is 0 Å². The summed E-state index contributed by atoms with van der Waals surface area (Å²) in [5, 5.41) is 3.19. The highest BCUT2D eigenvalue weighted by molar-refractivity contribution is 6.31. The van der Waals surface area contributed by atoms with Crippen molar-refractivity contribution >= 4 is 22.4 Å². The van der Waals surface area contributed by atoms with E-state index in [1.54, 1.807) is 0 Å². The van der Waals surface area contributed by atoms with E-state index in [9.17, 15) is 0 Å².